The Morgan fingerprint density at radius 1 is 0.781 bits per heavy atom. The van der Waals surface area contributed by atoms with Gasteiger partial charge in [-0.25, -0.2) is 0 Å². The van der Waals surface area contributed by atoms with E-state index < -0.39 is 40.2 Å². The van der Waals surface area contributed by atoms with Crippen molar-refractivity contribution in [1.29, 1.82) is 0 Å². The first-order valence-electron chi connectivity index (χ1n) is 9.07. The molecule has 0 fully saturated rings. The molecule has 3 aromatic carbocycles. The van der Waals surface area contributed by atoms with Crippen molar-refractivity contribution in [3.63, 3.8) is 0 Å². The molecule has 1 atom stereocenters. The summed E-state index contributed by atoms with van der Waals surface area (Å²) in [6.07, 6.45) is -9.12. The number of hydrogen-bond donors (Lipinski definition) is 1. The second-order valence-electron chi connectivity index (χ2n) is 6.75. The van der Waals surface area contributed by atoms with Crippen LogP contribution in [0.1, 0.15) is 27.0 Å². The van der Waals surface area contributed by atoms with Crippen LogP contribution < -0.4 is 5.32 Å². The van der Waals surface area contributed by atoms with Crippen LogP contribution >= 0.6 is 0 Å². The third-order valence-corrected chi connectivity index (χ3v) is 5.76. The highest BCUT2D eigenvalue weighted by molar-refractivity contribution is 7.84. The lowest BCUT2D eigenvalue weighted by atomic mass is 10.1. The minimum Gasteiger partial charge on any atom is -0.322 e. The van der Waals surface area contributed by atoms with Gasteiger partial charge in [-0.15, -0.1) is 0 Å². The summed E-state index contributed by atoms with van der Waals surface area (Å²) in [7, 11) is -1.73. The zero-order valence-corrected chi connectivity index (χ0v) is 16.9. The quantitative estimate of drug-likeness (QED) is 0.445. The summed E-state index contributed by atoms with van der Waals surface area (Å²) < 4.78 is 89.3. The van der Waals surface area contributed by atoms with Gasteiger partial charge >= 0.3 is 12.4 Å². The van der Waals surface area contributed by atoms with Crippen LogP contribution in [0.2, 0.25) is 0 Å². The topological polar surface area (TPSA) is 46.2 Å². The number of hydrogen-bond acceptors (Lipinski definition) is 2. The fourth-order valence-corrected chi connectivity index (χ4v) is 3.92. The van der Waals surface area contributed by atoms with Crippen molar-refractivity contribution in [2.75, 3.05) is 5.32 Å². The van der Waals surface area contributed by atoms with Gasteiger partial charge in [-0.05, 0) is 54.1 Å². The zero-order chi connectivity index (χ0) is 23.5. The van der Waals surface area contributed by atoms with E-state index >= 15 is 0 Å². The largest absolute Gasteiger partial charge is 0.416 e. The van der Waals surface area contributed by atoms with Gasteiger partial charge in [0.15, 0.2) is 0 Å². The number of rotatable bonds is 5. The Bertz CT molecular complexity index is 1050. The summed E-state index contributed by atoms with van der Waals surface area (Å²) in [5, 5.41) is 2.47. The molecule has 1 amide bonds. The van der Waals surface area contributed by atoms with Crippen LogP contribution in [0.25, 0.3) is 0 Å². The standard InChI is InChI=1S/C22H15F6NO2S/c23-21(24,25)16-4-1-3-15(11-16)20(30)29-18-9-7-14(8-10-18)13-32(31)19-6-2-5-17(12-19)22(26,27)28/h1-12H,13H2,(H,29,30). The molecule has 32 heavy (non-hydrogen) atoms. The molecule has 10 heteroatoms. The highest BCUT2D eigenvalue weighted by Gasteiger charge is 2.31. The Morgan fingerprint density at radius 2 is 1.34 bits per heavy atom. The van der Waals surface area contributed by atoms with Crippen molar-refractivity contribution < 1.29 is 35.3 Å². The molecule has 0 saturated carbocycles. The van der Waals surface area contributed by atoms with Gasteiger partial charge in [0.2, 0.25) is 0 Å². The lowest BCUT2D eigenvalue weighted by Gasteiger charge is -2.10. The molecule has 0 bridgehead atoms. The third kappa shape index (κ3) is 5.97. The van der Waals surface area contributed by atoms with Gasteiger partial charge in [-0.1, -0.05) is 24.3 Å². The van der Waals surface area contributed by atoms with Gasteiger partial charge in [0, 0.05) is 16.1 Å². The van der Waals surface area contributed by atoms with E-state index in [0.717, 1.165) is 30.3 Å². The van der Waals surface area contributed by atoms with Gasteiger partial charge in [-0.3, -0.25) is 9.00 Å². The van der Waals surface area contributed by atoms with Crippen molar-refractivity contribution in [2.24, 2.45) is 0 Å². The minimum absolute atomic E-state index is 0.0294. The highest BCUT2D eigenvalue weighted by Crippen LogP contribution is 2.31. The van der Waals surface area contributed by atoms with Crippen molar-refractivity contribution >= 4 is 22.4 Å². The molecule has 0 aliphatic heterocycles. The molecular formula is C22H15F6NO2S. The van der Waals surface area contributed by atoms with Gasteiger partial charge < -0.3 is 5.32 Å². The molecule has 168 valence electrons. The van der Waals surface area contributed by atoms with E-state index in [2.05, 4.69) is 5.32 Å². The van der Waals surface area contributed by atoms with Crippen LogP contribution in [-0.2, 0) is 28.9 Å². The molecule has 0 heterocycles. The van der Waals surface area contributed by atoms with E-state index in [1.807, 2.05) is 0 Å². The minimum atomic E-state index is -4.58. The van der Waals surface area contributed by atoms with E-state index in [0.29, 0.717) is 11.3 Å². The fourth-order valence-electron chi connectivity index (χ4n) is 2.77. The van der Waals surface area contributed by atoms with Crippen molar-refractivity contribution in [3.8, 4) is 0 Å². The van der Waals surface area contributed by atoms with Gasteiger partial charge in [0.1, 0.15) is 0 Å². The molecule has 0 saturated heterocycles. The van der Waals surface area contributed by atoms with Crippen LogP contribution in [0.4, 0.5) is 32.0 Å². The smallest absolute Gasteiger partial charge is 0.322 e. The van der Waals surface area contributed by atoms with Crippen LogP contribution in [0.3, 0.4) is 0 Å². The highest BCUT2D eigenvalue weighted by atomic mass is 32.2. The summed E-state index contributed by atoms with van der Waals surface area (Å²) in [5.41, 5.74) is -1.18. The lowest BCUT2D eigenvalue weighted by Crippen LogP contribution is -2.14. The van der Waals surface area contributed by atoms with Crippen molar-refractivity contribution in [1.82, 2.24) is 0 Å². The predicted molar refractivity (Wildman–Crippen MR) is 107 cm³/mol. The summed E-state index contributed by atoms with van der Waals surface area (Å²) in [4.78, 5) is 12.3. The predicted octanol–water partition coefficient (Wildman–Crippen LogP) is 6.28. The van der Waals surface area contributed by atoms with Crippen LogP contribution in [-0.4, -0.2) is 10.1 Å². The number of amides is 1. The molecule has 0 aliphatic rings. The summed E-state index contributed by atoms with van der Waals surface area (Å²) in [6, 6.07) is 14.2. The summed E-state index contributed by atoms with van der Waals surface area (Å²) in [5.74, 6) is -0.792. The molecule has 1 N–H and O–H groups in total. The molecule has 0 spiro atoms. The van der Waals surface area contributed by atoms with E-state index in [1.54, 1.807) is 0 Å². The Morgan fingerprint density at radius 3 is 1.94 bits per heavy atom. The molecular weight excluding hydrogens is 456 g/mol. The molecule has 0 radical (unpaired) electrons. The summed E-state index contributed by atoms with van der Waals surface area (Å²) >= 11 is 0. The maximum atomic E-state index is 12.8. The van der Waals surface area contributed by atoms with Crippen molar-refractivity contribution in [3.05, 3.63) is 95.1 Å². The second-order valence-corrected chi connectivity index (χ2v) is 8.20. The van der Waals surface area contributed by atoms with E-state index in [9.17, 15) is 35.3 Å². The monoisotopic (exact) mass is 471 g/mol. The number of nitrogens with one attached hydrogen (secondary N) is 1. The molecule has 0 aliphatic carbocycles. The van der Waals surface area contributed by atoms with Crippen molar-refractivity contribution in [2.45, 2.75) is 23.0 Å². The average molecular weight is 471 g/mol. The first kappa shape index (κ1) is 23.5. The maximum absolute atomic E-state index is 12.8. The molecule has 1 unspecified atom stereocenters. The maximum Gasteiger partial charge on any atom is 0.416 e. The number of anilines is 1. The second kappa shape index (κ2) is 9.15. The normalized spacial score (nSPS) is 12.9. The third-order valence-electron chi connectivity index (χ3n) is 4.39. The van der Waals surface area contributed by atoms with Gasteiger partial charge in [0.05, 0.1) is 27.7 Å². The zero-order valence-electron chi connectivity index (χ0n) is 16.1. The Labute approximate surface area is 181 Å². The Hall–Kier alpha value is -3.14. The lowest BCUT2D eigenvalue weighted by molar-refractivity contribution is -0.138. The van der Waals surface area contributed by atoms with E-state index in [-0.39, 0.29) is 16.2 Å². The fraction of sp³-hybridized carbons (Fsp3) is 0.136. The summed E-state index contributed by atoms with van der Waals surface area (Å²) in [6.45, 7) is 0. The van der Waals surface area contributed by atoms with Crippen LogP contribution in [0.5, 0.6) is 0 Å². The number of halogens is 6. The Balaban J connectivity index is 1.67. The van der Waals surface area contributed by atoms with Crippen LogP contribution in [0, 0.1) is 0 Å². The molecule has 3 aromatic rings. The average Bonchev–Trinajstić information content (AvgIpc) is 2.74. The van der Waals surface area contributed by atoms with Gasteiger partial charge in [-0.2, -0.15) is 26.3 Å². The molecule has 3 nitrogen and oxygen atoms in total. The number of carbonyl (C=O) groups is 1. The number of alkyl halides is 6. The SMILES string of the molecule is O=C(Nc1ccc(CS(=O)c2cccc(C(F)(F)F)c2)cc1)c1cccc(C(F)(F)F)c1. The van der Waals surface area contributed by atoms with E-state index in [1.165, 1.54) is 42.5 Å². The number of carbonyl (C=O) groups excluding carboxylic acids is 1. The van der Waals surface area contributed by atoms with Gasteiger partial charge in [0.25, 0.3) is 5.91 Å². The van der Waals surface area contributed by atoms with E-state index in [4.69, 9.17) is 0 Å². The first-order valence-corrected chi connectivity index (χ1v) is 10.4. The van der Waals surface area contributed by atoms with Crippen LogP contribution in [0.15, 0.2) is 77.7 Å². The molecule has 0 aromatic heterocycles. The first-order chi connectivity index (χ1) is 14.9. The molecule has 3 rings (SSSR count). The Kier molecular flexibility index (Phi) is 6.73. The number of benzene rings is 3.